The van der Waals surface area contributed by atoms with Gasteiger partial charge in [0.25, 0.3) is 0 Å². The first kappa shape index (κ1) is 54.3. The van der Waals surface area contributed by atoms with Crippen molar-refractivity contribution in [3.63, 3.8) is 0 Å². The number of ether oxygens (including phenoxy) is 2. The van der Waals surface area contributed by atoms with Gasteiger partial charge in [-0.25, -0.2) is 0 Å². The largest absolute Gasteiger partial charge is 0.462 e. The molecule has 0 amide bonds. The highest BCUT2D eigenvalue weighted by Crippen LogP contribution is 2.40. The van der Waals surface area contributed by atoms with E-state index >= 15 is 0 Å². The van der Waals surface area contributed by atoms with Gasteiger partial charge in [0.05, 0.1) is 5.92 Å². The standard InChI is InChI=1S/C55H99NO4/c1-5-8-11-13-15-17-19-21-23-25-27-29-31-33-35-38-40-51(41-39-36-34-32-30-28-26-24-22-20-18-16-14-12-9-6-2)59-54(57)47-49-43-44-53(52(49)42-37-10-7-3)60-55(58)50-45-46-56(4)48-50/h10,21-24,37,49-53H,5-9,11-20,25-36,38-48H2,1-4H3/b23-21-,24-22-,37-10-. The lowest BCUT2D eigenvalue weighted by molar-refractivity contribution is -0.156. The molecule has 5 nitrogen and oxygen atoms in total. The Morgan fingerprint density at radius 2 is 1.03 bits per heavy atom. The van der Waals surface area contributed by atoms with E-state index in [2.05, 4.69) is 69.2 Å². The van der Waals surface area contributed by atoms with Crippen LogP contribution < -0.4 is 0 Å². The molecule has 0 N–H and O–H groups in total. The van der Waals surface area contributed by atoms with Crippen molar-refractivity contribution in [2.45, 2.75) is 264 Å². The van der Waals surface area contributed by atoms with Crippen LogP contribution in [-0.2, 0) is 19.1 Å². The molecule has 348 valence electrons. The fourth-order valence-corrected chi connectivity index (χ4v) is 9.60. The number of esters is 2. The van der Waals surface area contributed by atoms with E-state index in [1.165, 1.54) is 167 Å². The van der Waals surface area contributed by atoms with Gasteiger partial charge in [-0.1, -0.05) is 173 Å². The molecule has 4 unspecified atom stereocenters. The topological polar surface area (TPSA) is 55.8 Å². The second-order valence-electron chi connectivity index (χ2n) is 19.1. The Labute approximate surface area is 373 Å². The number of unbranched alkanes of at least 4 members (excludes halogenated alkanes) is 24. The molecule has 2 aliphatic rings. The smallest absolute Gasteiger partial charge is 0.310 e. The molecule has 1 saturated heterocycles. The highest BCUT2D eigenvalue weighted by atomic mass is 16.5. The van der Waals surface area contributed by atoms with E-state index in [1.54, 1.807) is 0 Å². The van der Waals surface area contributed by atoms with Crippen molar-refractivity contribution in [3.05, 3.63) is 36.5 Å². The van der Waals surface area contributed by atoms with Crippen LogP contribution in [-0.4, -0.2) is 49.2 Å². The summed E-state index contributed by atoms with van der Waals surface area (Å²) >= 11 is 0. The van der Waals surface area contributed by atoms with Crippen molar-refractivity contribution in [1.29, 1.82) is 0 Å². The van der Waals surface area contributed by atoms with Crippen molar-refractivity contribution < 1.29 is 19.1 Å². The molecular formula is C55H99NO4. The SMILES string of the molecule is CC/C=C\CC1C(CC(=O)OC(CCCCCCCC/C=C\CCCCCCCC)CCCCCCCC/C=C\CCCCCCCC)CCC1OC(=O)C1CCN(C)C1. The van der Waals surface area contributed by atoms with Crippen LogP contribution in [0.1, 0.15) is 252 Å². The molecule has 0 bridgehead atoms. The van der Waals surface area contributed by atoms with Crippen LogP contribution in [0.4, 0.5) is 0 Å². The molecule has 4 atom stereocenters. The Kier molecular flexibility index (Phi) is 35.1. The average Bonchev–Trinajstić information content (AvgIpc) is 3.85. The van der Waals surface area contributed by atoms with E-state index in [0.29, 0.717) is 6.42 Å². The van der Waals surface area contributed by atoms with Crippen LogP contribution in [0.5, 0.6) is 0 Å². The van der Waals surface area contributed by atoms with E-state index in [0.717, 1.165) is 70.9 Å². The van der Waals surface area contributed by atoms with Crippen LogP contribution in [0, 0.1) is 17.8 Å². The third-order valence-electron chi connectivity index (χ3n) is 13.5. The first-order chi connectivity index (χ1) is 29.5. The van der Waals surface area contributed by atoms with Crippen LogP contribution in [0.25, 0.3) is 0 Å². The third kappa shape index (κ3) is 28.7. The molecule has 2 rings (SSSR count). The predicted octanol–water partition coefficient (Wildman–Crippen LogP) is 16.4. The minimum Gasteiger partial charge on any atom is -0.462 e. The maximum Gasteiger partial charge on any atom is 0.310 e. The number of carbonyl (C=O) groups excluding carboxylic acids is 2. The zero-order valence-corrected chi connectivity index (χ0v) is 40.3. The van der Waals surface area contributed by atoms with Gasteiger partial charge in [0, 0.05) is 18.9 Å². The Morgan fingerprint density at radius 1 is 0.567 bits per heavy atom. The molecule has 1 saturated carbocycles. The van der Waals surface area contributed by atoms with Gasteiger partial charge in [0.1, 0.15) is 12.2 Å². The normalized spacial score (nSPS) is 19.9. The minimum absolute atomic E-state index is 0.0185. The molecule has 0 aromatic rings. The summed E-state index contributed by atoms with van der Waals surface area (Å²) in [7, 11) is 2.08. The Morgan fingerprint density at radius 3 is 1.48 bits per heavy atom. The third-order valence-corrected chi connectivity index (χ3v) is 13.5. The molecule has 0 radical (unpaired) electrons. The van der Waals surface area contributed by atoms with E-state index in [9.17, 15) is 9.59 Å². The van der Waals surface area contributed by atoms with Crippen molar-refractivity contribution in [1.82, 2.24) is 4.90 Å². The fourth-order valence-electron chi connectivity index (χ4n) is 9.60. The maximum absolute atomic E-state index is 13.6. The lowest BCUT2D eigenvalue weighted by atomic mass is 9.88. The highest BCUT2D eigenvalue weighted by molar-refractivity contribution is 5.73. The van der Waals surface area contributed by atoms with Gasteiger partial charge >= 0.3 is 11.9 Å². The molecule has 1 aliphatic carbocycles. The molecule has 0 spiro atoms. The summed E-state index contributed by atoms with van der Waals surface area (Å²) in [5.74, 6) is 0.305. The summed E-state index contributed by atoms with van der Waals surface area (Å²) in [6.07, 6.45) is 57.6. The number of carbonyl (C=O) groups is 2. The lowest BCUT2D eigenvalue weighted by Crippen LogP contribution is -2.30. The molecule has 5 heteroatoms. The quantitative estimate of drug-likeness (QED) is 0.0350. The Hall–Kier alpha value is -1.88. The summed E-state index contributed by atoms with van der Waals surface area (Å²) in [6.45, 7) is 8.47. The summed E-state index contributed by atoms with van der Waals surface area (Å²) < 4.78 is 12.6. The van der Waals surface area contributed by atoms with Gasteiger partial charge < -0.3 is 14.4 Å². The number of hydrogen-bond acceptors (Lipinski definition) is 5. The predicted molar refractivity (Wildman–Crippen MR) is 258 cm³/mol. The summed E-state index contributed by atoms with van der Waals surface area (Å²) in [4.78, 5) is 29.0. The zero-order valence-electron chi connectivity index (χ0n) is 40.3. The lowest BCUT2D eigenvalue weighted by Gasteiger charge is -2.25. The molecule has 60 heavy (non-hydrogen) atoms. The molecule has 2 fully saturated rings. The monoisotopic (exact) mass is 838 g/mol. The van der Waals surface area contributed by atoms with Crippen LogP contribution in [0.3, 0.4) is 0 Å². The second kappa shape index (κ2) is 38.8. The Bertz CT molecular complexity index is 1060. The fraction of sp³-hybridized carbons (Fsp3) is 0.855. The second-order valence-corrected chi connectivity index (χ2v) is 19.1. The van der Waals surface area contributed by atoms with Gasteiger partial charge in [-0.15, -0.1) is 0 Å². The number of hydrogen-bond donors (Lipinski definition) is 0. The number of allylic oxidation sites excluding steroid dienone is 6. The van der Waals surface area contributed by atoms with Gasteiger partial charge in [-0.3, -0.25) is 9.59 Å². The molecular weight excluding hydrogens is 739 g/mol. The first-order valence-electron chi connectivity index (χ1n) is 26.5. The minimum atomic E-state index is -0.0965. The molecule has 0 aromatic carbocycles. The first-order valence-corrected chi connectivity index (χ1v) is 26.5. The Balaban J connectivity index is 1.75. The van der Waals surface area contributed by atoms with Gasteiger partial charge in [-0.2, -0.15) is 0 Å². The van der Waals surface area contributed by atoms with Crippen molar-refractivity contribution in [2.75, 3.05) is 20.1 Å². The average molecular weight is 838 g/mol. The zero-order chi connectivity index (χ0) is 43.1. The van der Waals surface area contributed by atoms with E-state index in [-0.39, 0.29) is 41.9 Å². The highest BCUT2D eigenvalue weighted by Gasteiger charge is 2.40. The summed E-state index contributed by atoms with van der Waals surface area (Å²) in [5.41, 5.74) is 0. The van der Waals surface area contributed by atoms with E-state index < -0.39 is 0 Å². The molecule has 1 aliphatic heterocycles. The van der Waals surface area contributed by atoms with Crippen molar-refractivity contribution >= 4 is 11.9 Å². The maximum atomic E-state index is 13.6. The van der Waals surface area contributed by atoms with Gasteiger partial charge in [-0.05, 0) is 129 Å². The van der Waals surface area contributed by atoms with Gasteiger partial charge in [0.2, 0.25) is 0 Å². The molecule has 1 heterocycles. The van der Waals surface area contributed by atoms with Crippen LogP contribution in [0.2, 0.25) is 0 Å². The van der Waals surface area contributed by atoms with Crippen molar-refractivity contribution in [3.8, 4) is 0 Å². The molecule has 0 aromatic heterocycles. The van der Waals surface area contributed by atoms with Crippen LogP contribution >= 0.6 is 0 Å². The van der Waals surface area contributed by atoms with E-state index in [1.807, 2.05) is 0 Å². The number of nitrogens with zero attached hydrogens (tertiary/aromatic N) is 1. The summed E-state index contributed by atoms with van der Waals surface area (Å²) in [5, 5.41) is 0. The summed E-state index contributed by atoms with van der Waals surface area (Å²) in [6, 6.07) is 0. The van der Waals surface area contributed by atoms with E-state index in [4.69, 9.17) is 9.47 Å². The number of likely N-dealkylation sites (tertiary alicyclic amines) is 1. The van der Waals surface area contributed by atoms with Crippen LogP contribution in [0.15, 0.2) is 36.5 Å². The van der Waals surface area contributed by atoms with Crippen molar-refractivity contribution in [2.24, 2.45) is 17.8 Å². The van der Waals surface area contributed by atoms with Gasteiger partial charge in [0.15, 0.2) is 0 Å². The number of rotatable bonds is 40.